The highest BCUT2D eigenvalue weighted by molar-refractivity contribution is 9.10. The molecule has 0 saturated heterocycles. The molecule has 0 aromatic rings. The maximum absolute atomic E-state index is 12.0. The SMILES string of the molecule is CC1(CBr)[C@H]2CC[C@@]1(C)C(=O)[C@@H]2Br. The molecule has 2 fully saturated rings. The highest BCUT2D eigenvalue weighted by atomic mass is 79.9. The second-order valence-electron chi connectivity index (χ2n) is 4.79. The predicted molar refractivity (Wildman–Crippen MR) is 60.5 cm³/mol. The van der Waals surface area contributed by atoms with E-state index in [-0.39, 0.29) is 15.7 Å². The van der Waals surface area contributed by atoms with Crippen molar-refractivity contribution in [3.05, 3.63) is 0 Å². The van der Waals surface area contributed by atoms with Crippen LogP contribution >= 0.6 is 31.9 Å². The normalized spacial score (nSPS) is 54.6. The fourth-order valence-electron chi connectivity index (χ4n) is 3.07. The molecule has 4 atom stereocenters. The molecule has 13 heavy (non-hydrogen) atoms. The van der Waals surface area contributed by atoms with Gasteiger partial charge in [-0.15, -0.1) is 0 Å². The number of hydrogen-bond donors (Lipinski definition) is 0. The van der Waals surface area contributed by atoms with Crippen LogP contribution in [0, 0.1) is 16.7 Å². The van der Waals surface area contributed by atoms with Crippen molar-refractivity contribution in [1.82, 2.24) is 0 Å². The molecule has 0 heterocycles. The fraction of sp³-hybridized carbons (Fsp3) is 0.900. The molecule has 0 aromatic carbocycles. The van der Waals surface area contributed by atoms with E-state index in [1.54, 1.807) is 0 Å². The number of carbonyl (C=O) groups excluding carboxylic acids is 1. The summed E-state index contributed by atoms with van der Waals surface area (Å²) < 4.78 is 0. The molecule has 0 aromatic heterocycles. The minimum atomic E-state index is -0.0880. The van der Waals surface area contributed by atoms with Gasteiger partial charge in [0.05, 0.1) is 4.83 Å². The molecule has 0 aliphatic heterocycles. The number of halogens is 2. The Kier molecular flexibility index (Phi) is 2.20. The Morgan fingerprint density at radius 2 is 2.15 bits per heavy atom. The van der Waals surface area contributed by atoms with Crippen molar-refractivity contribution in [1.29, 1.82) is 0 Å². The summed E-state index contributed by atoms with van der Waals surface area (Å²) >= 11 is 7.11. The summed E-state index contributed by atoms with van der Waals surface area (Å²) in [5.41, 5.74) is 0.0770. The van der Waals surface area contributed by atoms with Gasteiger partial charge >= 0.3 is 0 Å². The topological polar surface area (TPSA) is 17.1 Å². The van der Waals surface area contributed by atoms with E-state index < -0.39 is 0 Å². The van der Waals surface area contributed by atoms with E-state index in [0.717, 1.165) is 11.8 Å². The molecule has 2 aliphatic rings. The number of ketones is 1. The van der Waals surface area contributed by atoms with Gasteiger partial charge in [0, 0.05) is 10.7 Å². The van der Waals surface area contributed by atoms with Crippen molar-refractivity contribution < 1.29 is 4.79 Å². The third-order valence-corrected chi connectivity index (χ3v) is 6.68. The number of hydrogen-bond acceptors (Lipinski definition) is 1. The molecular formula is C10H14Br2O. The van der Waals surface area contributed by atoms with E-state index in [4.69, 9.17) is 0 Å². The maximum atomic E-state index is 12.0. The molecule has 0 spiro atoms. The van der Waals surface area contributed by atoms with E-state index in [0.29, 0.717) is 11.7 Å². The Morgan fingerprint density at radius 1 is 1.54 bits per heavy atom. The summed E-state index contributed by atoms with van der Waals surface area (Å²) in [6.07, 6.45) is 2.26. The van der Waals surface area contributed by atoms with Crippen LogP contribution in [0.5, 0.6) is 0 Å². The van der Waals surface area contributed by atoms with Crippen LogP contribution in [0.2, 0.25) is 0 Å². The molecule has 1 unspecified atom stereocenters. The maximum Gasteiger partial charge on any atom is 0.153 e. The van der Waals surface area contributed by atoms with Gasteiger partial charge < -0.3 is 0 Å². The third kappa shape index (κ3) is 0.956. The summed E-state index contributed by atoms with van der Waals surface area (Å²) in [5.74, 6) is 0.954. The van der Waals surface area contributed by atoms with Gasteiger partial charge in [-0.25, -0.2) is 0 Å². The van der Waals surface area contributed by atoms with Crippen molar-refractivity contribution in [3.8, 4) is 0 Å². The quantitative estimate of drug-likeness (QED) is 0.680. The van der Waals surface area contributed by atoms with Crippen LogP contribution in [0.4, 0.5) is 0 Å². The van der Waals surface area contributed by atoms with Gasteiger partial charge in [-0.3, -0.25) is 4.79 Å². The lowest BCUT2D eigenvalue weighted by molar-refractivity contribution is -0.127. The Morgan fingerprint density at radius 3 is 2.46 bits per heavy atom. The van der Waals surface area contributed by atoms with Crippen molar-refractivity contribution in [2.24, 2.45) is 16.7 Å². The molecule has 74 valence electrons. The highest BCUT2D eigenvalue weighted by Gasteiger charge is 2.67. The monoisotopic (exact) mass is 308 g/mol. The third-order valence-electron chi connectivity index (χ3n) is 4.46. The van der Waals surface area contributed by atoms with E-state index in [1.165, 1.54) is 6.42 Å². The van der Waals surface area contributed by atoms with Gasteiger partial charge in [0.1, 0.15) is 0 Å². The van der Waals surface area contributed by atoms with Crippen LogP contribution in [-0.4, -0.2) is 15.9 Å². The minimum absolute atomic E-state index is 0.0880. The van der Waals surface area contributed by atoms with Gasteiger partial charge in [-0.05, 0) is 24.2 Å². The summed E-state index contributed by atoms with van der Waals surface area (Å²) in [4.78, 5) is 12.1. The fourth-order valence-corrected chi connectivity index (χ4v) is 5.45. The zero-order valence-electron chi connectivity index (χ0n) is 7.94. The average molecular weight is 310 g/mol. The standard InChI is InChI=1S/C10H14Br2O/c1-9-4-3-6(7(12)8(9)13)10(9,2)5-11/h6-7H,3-5H2,1-2H3/t6-,7+,9-,10?/m0/s1. The molecule has 0 radical (unpaired) electrons. The van der Waals surface area contributed by atoms with Crippen LogP contribution in [0.25, 0.3) is 0 Å². The Labute approximate surface area is 95.9 Å². The molecule has 0 N–H and O–H groups in total. The highest BCUT2D eigenvalue weighted by Crippen LogP contribution is 2.65. The van der Waals surface area contributed by atoms with Crippen molar-refractivity contribution in [2.45, 2.75) is 31.5 Å². The predicted octanol–water partition coefficient (Wildman–Crippen LogP) is 3.15. The van der Waals surface area contributed by atoms with E-state index >= 15 is 0 Å². The molecule has 2 rings (SSSR count). The van der Waals surface area contributed by atoms with Crippen LogP contribution in [-0.2, 0) is 4.79 Å². The number of alkyl halides is 2. The van der Waals surface area contributed by atoms with Crippen LogP contribution in [0.15, 0.2) is 0 Å². The summed E-state index contributed by atoms with van der Waals surface area (Å²) in [5, 5.41) is 0.939. The summed E-state index contributed by atoms with van der Waals surface area (Å²) in [6, 6.07) is 0. The first-order chi connectivity index (χ1) is 5.97. The number of fused-ring (bicyclic) bond motifs is 2. The Bertz CT molecular complexity index is 266. The average Bonchev–Trinajstić information content (AvgIpc) is 2.44. The van der Waals surface area contributed by atoms with E-state index in [9.17, 15) is 4.79 Å². The largest absolute Gasteiger partial charge is 0.298 e. The van der Waals surface area contributed by atoms with Crippen molar-refractivity contribution >= 4 is 37.6 Å². The number of Topliss-reactive ketones (excluding diaryl/α,β-unsaturated/α-hetero) is 1. The lowest BCUT2D eigenvalue weighted by Gasteiger charge is -2.34. The zero-order chi connectivity index (χ0) is 9.85. The summed E-state index contributed by atoms with van der Waals surface area (Å²) in [7, 11) is 0. The first-order valence-corrected chi connectivity index (χ1v) is 6.75. The first kappa shape index (κ1) is 10.2. The van der Waals surface area contributed by atoms with Crippen LogP contribution < -0.4 is 0 Å². The first-order valence-electron chi connectivity index (χ1n) is 4.72. The smallest absolute Gasteiger partial charge is 0.153 e. The van der Waals surface area contributed by atoms with Gasteiger partial charge in [-0.2, -0.15) is 0 Å². The van der Waals surface area contributed by atoms with E-state index in [1.807, 2.05) is 0 Å². The lowest BCUT2D eigenvalue weighted by atomic mass is 9.70. The molecular weight excluding hydrogens is 296 g/mol. The van der Waals surface area contributed by atoms with Gasteiger partial charge in [-0.1, -0.05) is 45.7 Å². The molecule has 2 saturated carbocycles. The van der Waals surface area contributed by atoms with Crippen molar-refractivity contribution in [3.63, 3.8) is 0 Å². The van der Waals surface area contributed by atoms with Gasteiger partial charge in [0.15, 0.2) is 5.78 Å². The lowest BCUT2D eigenvalue weighted by Crippen LogP contribution is -2.36. The van der Waals surface area contributed by atoms with E-state index in [2.05, 4.69) is 45.7 Å². The second kappa shape index (κ2) is 2.82. The summed E-state index contributed by atoms with van der Waals surface area (Å²) in [6.45, 7) is 4.39. The Hall–Kier alpha value is 0.630. The molecule has 0 amide bonds. The number of carbonyl (C=O) groups is 1. The molecule has 1 nitrogen and oxygen atoms in total. The molecule has 3 heteroatoms. The van der Waals surface area contributed by atoms with Crippen LogP contribution in [0.1, 0.15) is 26.7 Å². The zero-order valence-corrected chi connectivity index (χ0v) is 11.1. The minimum Gasteiger partial charge on any atom is -0.298 e. The second-order valence-corrected chi connectivity index (χ2v) is 6.34. The molecule has 2 aliphatic carbocycles. The Balaban J connectivity index is 2.49. The van der Waals surface area contributed by atoms with Crippen LogP contribution in [0.3, 0.4) is 0 Å². The van der Waals surface area contributed by atoms with Gasteiger partial charge in [0.25, 0.3) is 0 Å². The van der Waals surface area contributed by atoms with Gasteiger partial charge in [0.2, 0.25) is 0 Å². The molecule has 2 bridgehead atoms. The number of rotatable bonds is 1. The van der Waals surface area contributed by atoms with Crippen molar-refractivity contribution in [2.75, 3.05) is 5.33 Å².